The Hall–Kier alpha value is -3.54. The minimum atomic E-state index is -0.996. The number of hydrogen-bond donors (Lipinski definition) is 1. The third kappa shape index (κ3) is 5.94. The molecule has 0 bridgehead atoms. The number of aliphatic carboxylic acids is 1. The Bertz CT molecular complexity index is 1360. The Morgan fingerprint density at radius 2 is 1.69 bits per heavy atom. The zero-order valence-corrected chi connectivity index (χ0v) is 20.8. The molecule has 3 aromatic carbocycles. The lowest BCUT2D eigenvalue weighted by molar-refractivity contribution is -0.144. The summed E-state index contributed by atoms with van der Waals surface area (Å²) in [5.41, 5.74) is 4.75. The van der Waals surface area contributed by atoms with Gasteiger partial charge < -0.3 is 14.4 Å². The highest BCUT2D eigenvalue weighted by Crippen LogP contribution is 2.30. The minimum Gasteiger partial charge on any atom is -0.479 e. The van der Waals surface area contributed by atoms with Gasteiger partial charge in [0.05, 0.1) is 10.7 Å². The van der Waals surface area contributed by atoms with Gasteiger partial charge in [-0.25, -0.2) is 9.78 Å². The topological polar surface area (TPSA) is 64.4 Å². The molecule has 0 radical (unpaired) electrons. The molecule has 4 rings (SSSR count). The fourth-order valence-electron chi connectivity index (χ4n) is 3.58. The van der Waals surface area contributed by atoms with Crippen LogP contribution in [0.5, 0.6) is 5.75 Å². The van der Waals surface area contributed by atoms with Crippen molar-refractivity contribution in [1.82, 2.24) is 9.55 Å². The number of carboxylic acids is 1. The predicted molar refractivity (Wildman–Crippen MR) is 142 cm³/mol. The number of ether oxygens (including phenoxy) is 1. The van der Waals surface area contributed by atoms with Gasteiger partial charge >= 0.3 is 5.97 Å². The summed E-state index contributed by atoms with van der Waals surface area (Å²) < 4.78 is 7.46. The van der Waals surface area contributed by atoms with Crippen molar-refractivity contribution in [3.05, 3.63) is 94.4 Å². The summed E-state index contributed by atoms with van der Waals surface area (Å²) in [6.45, 7) is 4.35. The Morgan fingerprint density at radius 1 is 1.03 bits per heavy atom. The van der Waals surface area contributed by atoms with E-state index in [4.69, 9.17) is 38.0 Å². The van der Waals surface area contributed by atoms with Crippen LogP contribution in [0.1, 0.15) is 25.2 Å². The van der Waals surface area contributed by atoms with Crippen molar-refractivity contribution in [1.29, 1.82) is 0 Å². The van der Waals surface area contributed by atoms with Gasteiger partial charge in [-0.15, -0.1) is 0 Å². The fraction of sp³-hybridized carbons (Fsp3) is 0.143. The maximum atomic E-state index is 10.9. The van der Waals surface area contributed by atoms with E-state index in [9.17, 15) is 4.79 Å². The van der Waals surface area contributed by atoms with Crippen LogP contribution in [-0.4, -0.2) is 26.7 Å². The van der Waals surface area contributed by atoms with Crippen molar-refractivity contribution in [3.63, 3.8) is 0 Å². The molecule has 1 heterocycles. The summed E-state index contributed by atoms with van der Waals surface area (Å²) in [6.07, 6.45) is 5.11. The van der Waals surface area contributed by atoms with E-state index in [1.165, 1.54) is 6.92 Å². The van der Waals surface area contributed by atoms with Crippen LogP contribution in [-0.2, 0) is 11.3 Å². The maximum absolute atomic E-state index is 10.9. The maximum Gasteiger partial charge on any atom is 0.344 e. The molecule has 0 spiro atoms. The molecule has 0 saturated heterocycles. The molecule has 4 aromatic rings. The van der Waals surface area contributed by atoms with Gasteiger partial charge in [0.1, 0.15) is 11.6 Å². The van der Waals surface area contributed by atoms with E-state index in [1.807, 2.05) is 66.9 Å². The van der Waals surface area contributed by atoms with Gasteiger partial charge in [-0.05, 0) is 66.9 Å². The second kappa shape index (κ2) is 10.8. The van der Waals surface area contributed by atoms with Gasteiger partial charge in [-0.2, -0.15) is 0 Å². The molecule has 1 N–H and O–H groups in total. The number of benzene rings is 3. The quantitative estimate of drug-likeness (QED) is 0.267. The molecular formula is C28H24Cl2N2O3. The molecule has 0 amide bonds. The molecule has 0 aliphatic carbocycles. The summed E-state index contributed by atoms with van der Waals surface area (Å²) in [4.78, 5) is 15.7. The highest BCUT2D eigenvalue weighted by atomic mass is 35.5. The fourth-order valence-corrected chi connectivity index (χ4v) is 4.09. The highest BCUT2D eigenvalue weighted by molar-refractivity contribution is 6.36. The van der Waals surface area contributed by atoms with Crippen LogP contribution in [0.4, 0.5) is 0 Å². The largest absolute Gasteiger partial charge is 0.479 e. The number of nitrogens with zero attached hydrogens (tertiary/aromatic N) is 2. The second-order valence-corrected chi connectivity index (χ2v) is 8.82. The normalized spacial score (nSPS) is 12.1. The summed E-state index contributed by atoms with van der Waals surface area (Å²) in [7, 11) is 0. The Kier molecular flexibility index (Phi) is 7.59. The lowest BCUT2D eigenvalue weighted by Crippen LogP contribution is -2.22. The van der Waals surface area contributed by atoms with E-state index >= 15 is 0 Å². The van der Waals surface area contributed by atoms with Crippen molar-refractivity contribution >= 4 is 41.3 Å². The molecule has 7 heteroatoms. The number of imidazole rings is 1. The summed E-state index contributed by atoms with van der Waals surface area (Å²) in [5.74, 6) is 0.363. The molecule has 1 atom stereocenters. The smallest absolute Gasteiger partial charge is 0.344 e. The zero-order chi connectivity index (χ0) is 24.9. The zero-order valence-electron chi connectivity index (χ0n) is 19.3. The SMILES string of the molecule is CCn1cc(-c2ccc(Cl)cc2Cl)nc1/C=C/c1ccc(-c2ccc(OC(C)C(=O)O)cc2)cc1. The van der Waals surface area contributed by atoms with Crippen LogP contribution in [0.2, 0.25) is 10.0 Å². The number of rotatable bonds is 8. The number of carbonyl (C=O) groups is 1. The molecule has 0 saturated carbocycles. The van der Waals surface area contributed by atoms with E-state index in [1.54, 1.807) is 18.2 Å². The van der Waals surface area contributed by atoms with Gasteiger partial charge in [0, 0.05) is 23.3 Å². The lowest BCUT2D eigenvalue weighted by Gasteiger charge is -2.11. The van der Waals surface area contributed by atoms with Crippen molar-refractivity contribution < 1.29 is 14.6 Å². The van der Waals surface area contributed by atoms with E-state index < -0.39 is 12.1 Å². The third-order valence-corrected chi connectivity index (χ3v) is 6.09. The van der Waals surface area contributed by atoms with Gasteiger partial charge in [-0.1, -0.05) is 65.7 Å². The molecule has 0 fully saturated rings. The molecular weight excluding hydrogens is 483 g/mol. The van der Waals surface area contributed by atoms with Gasteiger partial charge in [0.2, 0.25) is 0 Å². The molecule has 0 aliphatic rings. The summed E-state index contributed by atoms with van der Waals surface area (Å²) in [6, 6.07) is 20.9. The molecule has 35 heavy (non-hydrogen) atoms. The standard InChI is InChI=1S/C28H24Cl2N2O3/c1-3-32-17-26(24-14-11-22(29)16-25(24)30)31-27(32)15-6-19-4-7-20(8-5-19)21-9-12-23(13-10-21)35-18(2)28(33)34/h4-18H,3H2,1-2H3,(H,33,34)/b15-6+. The van der Waals surface area contributed by atoms with E-state index in [-0.39, 0.29) is 0 Å². The Balaban J connectivity index is 1.49. The predicted octanol–water partition coefficient (Wildman–Crippen LogP) is 7.57. The first-order valence-corrected chi connectivity index (χ1v) is 11.9. The number of aromatic nitrogens is 2. The monoisotopic (exact) mass is 506 g/mol. The number of hydrogen-bond acceptors (Lipinski definition) is 3. The van der Waals surface area contributed by atoms with Gasteiger partial charge in [0.15, 0.2) is 6.10 Å². The van der Waals surface area contributed by atoms with E-state index in [0.717, 1.165) is 40.3 Å². The van der Waals surface area contributed by atoms with Crippen molar-refractivity contribution in [2.24, 2.45) is 0 Å². The average Bonchev–Trinajstić information content (AvgIpc) is 3.26. The van der Waals surface area contributed by atoms with E-state index in [0.29, 0.717) is 15.8 Å². The summed E-state index contributed by atoms with van der Waals surface area (Å²) in [5, 5.41) is 10.1. The molecule has 5 nitrogen and oxygen atoms in total. The molecule has 1 aromatic heterocycles. The van der Waals surface area contributed by atoms with Crippen LogP contribution in [0.15, 0.2) is 72.9 Å². The number of aryl methyl sites for hydroxylation is 1. The first-order chi connectivity index (χ1) is 16.8. The first kappa shape index (κ1) is 24.6. The molecule has 0 aliphatic heterocycles. The van der Waals surface area contributed by atoms with Crippen LogP contribution in [0, 0.1) is 0 Å². The van der Waals surface area contributed by atoms with Crippen LogP contribution >= 0.6 is 23.2 Å². The van der Waals surface area contributed by atoms with Gasteiger partial charge in [0.25, 0.3) is 0 Å². The first-order valence-electron chi connectivity index (χ1n) is 11.1. The van der Waals surface area contributed by atoms with Crippen LogP contribution in [0.3, 0.4) is 0 Å². The Labute approximate surface area is 214 Å². The molecule has 178 valence electrons. The van der Waals surface area contributed by atoms with Crippen molar-refractivity contribution in [2.75, 3.05) is 0 Å². The minimum absolute atomic E-state index is 0.522. The van der Waals surface area contributed by atoms with E-state index in [2.05, 4.69) is 11.5 Å². The average molecular weight is 507 g/mol. The van der Waals surface area contributed by atoms with Crippen molar-refractivity contribution in [2.45, 2.75) is 26.5 Å². The third-order valence-electron chi connectivity index (χ3n) is 5.54. The summed E-state index contributed by atoms with van der Waals surface area (Å²) >= 11 is 12.4. The number of halogens is 2. The van der Waals surface area contributed by atoms with Crippen LogP contribution in [0.25, 0.3) is 34.5 Å². The Morgan fingerprint density at radius 3 is 2.29 bits per heavy atom. The van der Waals surface area contributed by atoms with Crippen LogP contribution < -0.4 is 4.74 Å². The second-order valence-electron chi connectivity index (χ2n) is 7.97. The van der Waals surface area contributed by atoms with Gasteiger partial charge in [-0.3, -0.25) is 0 Å². The lowest BCUT2D eigenvalue weighted by atomic mass is 10.0. The number of carboxylic acid groups (broad SMARTS) is 1. The molecule has 1 unspecified atom stereocenters. The van der Waals surface area contributed by atoms with Crippen molar-refractivity contribution in [3.8, 4) is 28.1 Å². The highest BCUT2D eigenvalue weighted by Gasteiger charge is 2.12.